The summed E-state index contributed by atoms with van der Waals surface area (Å²) in [6.45, 7) is -0.541. The number of carbonyl (C=O) groups is 2. The van der Waals surface area contributed by atoms with Gasteiger partial charge in [-0.05, 0) is 17.7 Å². The summed E-state index contributed by atoms with van der Waals surface area (Å²) in [5, 5.41) is 11.1. The molecule has 2 rings (SSSR count). The highest BCUT2D eigenvalue weighted by atomic mass is 19.2. The molecule has 0 aliphatic heterocycles. The molecule has 1 amide bonds. The van der Waals surface area contributed by atoms with E-state index in [1.807, 2.05) is 30.3 Å². The number of ketones is 1. The summed E-state index contributed by atoms with van der Waals surface area (Å²) in [5.41, 5.74) is 0.507. The van der Waals surface area contributed by atoms with Crippen LogP contribution in [0.4, 0.5) is 18.0 Å². The van der Waals surface area contributed by atoms with Crippen molar-refractivity contribution in [1.82, 2.24) is 5.32 Å². The molecule has 0 radical (unpaired) electrons. The van der Waals surface area contributed by atoms with E-state index in [1.165, 1.54) is 0 Å². The molecular weight excluding hydrogens is 379 g/mol. The van der Waals surface area contributed by atoms with Crippen LogP contribution in [0.25, 0.3) is 0 Å². The lowest BCUT2D eigenvalue weighted by Crippen LogP contribution is -2.41. The molecule has 0 fully saturated rings. The number of nitrogens with one attached hydrogen (secondary N) is 1. The highest BCUT2D eigenvalue weighted by molar-refractivity contribution is 5.97. The van der Waals surface area contributed by atoms with E-state index in [-0.39, 0.29) is 25.4 Å². The smallest absolute Gasteiger partial charge is 0.405 e. The van der Waals surface area contributed by atoms with E-state index < -0.39 is 42.0 Å². The molecule has 28 heavy (non-hydrogen) atoms. The Labute approximate surface area is 158 Å². The molecule has 0 spiro atoms. The lowest BCUT2D eigenvalue weighted by Gasteiger charge is -2.17. The van der Waals surface area contributed by atoms with Crippen LogP contribution >= 0.6 is 0 Å². The number of hydrogen-bond donors (Lipinski definition) is 2. The molecule has 2 aromatic rings. The molecule has 0 saturated heterocycles. The number of halogens is 3. The monoisotopic (exact) mass is 397 g/mol. The molecule has 0 heterocycles. The van der Waals surface area contributed by atoms with Crippen LogP contribution in [0.1, 0.15) is 15.9 Å². The molecule has 0 aromatic heterocycles. The number of hydrogen-bond acceptors (Lipinski definition) is 4. The van der Waals surface area contributed by atoms with Crippen molar-refractivity contribution in [3.63, 3.8) is 0 Å². The van der Waals surface area contributed by atoms with Gasteiger partial charge < -0.3 is 19.9 Å². The van der Waals surface area contributed by atoms with Crippen molar-refractivity contribution in [1.29, 1.82) is 0 Å². The van der Waals surface area contributed by atoms with Crippen molar-refractivity contribution < 1.29 is 37.3 Å². The van der Waals surface area contributed by atoms with Crippen molar-refractivity contribution in [3.05, 3.63) is 71.0 Å². The third kappa shape index (κ3) is 6.67. The number of ether oxygens (including phenoxy) is 2. The Kier molecular flexibility index (Phi) is 7.97. The minimum absolute atomic E-state index is 0.0187. The SMILES string of the molecule is O=C(O)N[C@H](COCC(=O)c1cc(F)c(F)c(F)c1)COCc1ccccc1. The molecule has 0 aliphatic carbocycles. The largest absolute Gasteiger partial charge is 0.465 e. The predicted molar refractivity (Wildman–Crippen MR) is 92.5 cm³/mol. The van der Waals surface area contributed by atoms with Gasteiger partial charge in [0.2, 0.25) is 0 Å². The fourth-order valence-corrected chi connectivity index (χ4v) is 2.29. The maximum Gasteiger partial charge on any atom is 0.405 e. The second kappa shape index (κ2) is 10.4. The van der Waals surface area contributed by atoms with E-state index in [1.54, 1.807) is 0 Å². The van der Waals surface area contributed by atoms with Gasteiger partial charge in [-0.1, -0.05) is 30.3 Å². The van der Waals surface area contributed by atoms with Crippen LogP contribution in [0.15, 0.2) is 42.5 Å². The molecule has 0 aliphatic rings. The second-order valence-corrected chi connectivity index (χ2v) is 5.84. The van der Waals surface area contributed by atoms with Gasteiger partial charge in [0, 0.05) is 5.56 Å². The number of benzene rings is 2. The van der Waals surface area contributed by atoms with Gasteiger partial charge in [0.1, 0.15) is 6.61 Å². The summed E-state index contributed by atoms with van der Waals surface area (Å²) in [7, 11) is 0. The van der Waals surface area contributed by atoms with Gasteiger partial charge in [0.25, 0.3) is 0 Å². The van der Waals surface area contributed by atoms with E-state index in [0.29, 0.717) is 12.1 Å². The topological polar surface area (TPSA) is 84.9 Å². The Hall–Kier alpha value is -2.91. The highest BCUT2D eigenvalue weighted by Crippen LogP contribution is 2.14. The number of Topliss-reactive ketones (excluding diaryl/α,β-unsaturated/α-hetero) is 1. The van der Waals surface area contributed by atoms with Crippen molar-refractivity contribution >= 4 is 11.9 Å². The van der Waals surface area contributed by atoms with Gasteiger partial charge in [0.05, 0.1) is 25.9 Å². The maximum absolute atomic E-state index is 13.2. The van der Waals surface area contributed by atoms with Crippen molar-refractivity contribution in [3.8, 4) is 0 Å². The van der Waals surface area contributed by atoms with Gasteiger partial charge in [-0.2, -0.15) is 0 Å². The zero-order valence-corrected chi connectivity index (χ0v) is 14.7. The average Bonchev–Trinajstić information content (AvgIpc) is 2.65. The maximum atomic E-state index is 13.2. The molecule has 0 bridgehead atoms. The molecular formula is C19H18F3NO5. The van der Waals surface area contributed by atoms with Crippen LogP contribution in [0.3, 0.4) is 0 Å². The van der Waals surface area contributed by atoms with Crippen molar-refractivity contribution in [2.75, 3.05) is 19.8 Å². The lowest BCUT2D eigenvalue weighted by atomic mass is 10.1. The fraction of sp³-hybridized carbons (Fsp3) is 0.263. The van der Waals surface area contributed by atoms with E-state index in [4.69, 9.17) is 14.6 Å². The Morgan fingerprint density at radius 3 is 2.21 bits per heavy atom. The van der Waals surface area contributed by atoms with Crippen molar-refractivity contribution in [2.45, 2.75) is 12.6 Å². The highest BCUT2D eigenvalue weighted by Gasteiger charge is 2.17. The lowest BCUT2D eigenvalue weighted by molar-refractivity contribution is 0.0456. The Bertz CT molecular complexity index is 793. The summed E-state index contributed by atoms with van der Waals surface area (Å²) in [6, 6.07) is 9.58. The molecule has 0 unspecified atom stereocenters. The van der Waals surface area contributed by atoms with Gasteiger partial charge in [0.15, 0.2) is 23.2 Å². The van der Waals surface area contributed by atoms with Crippen LogP contribution in [0.2, 0.25) is 0 Å². The number of carboxylic acid groups (broad SMARTS) is 1. The van der Waals surface area contributed by atoms with E-state index >= 15 is 0 Å². The molecule has 1 atom stereocenters. The summed E-state index contributed by atoms with van der Waals surface area (Å²) in [6.07, 6.45) is -1.30. The van der Waals surface area contributed by atoms with Crippen molar-refractivity contribution in [2.24, 2.45) is 0 Å². The molecule has 150 valence electrons. The third-order valence-electron chi connectivity index (χ3n) is 3.62. The summed E-state index contributed by atoms with van der Waals surface area (Å²) < 4.78 is 49.8. The molecule has 0 saturated carbocycles. The van der Waals surface area contributed by atoms with E-state index in [0.717, 1.165) is 5.56 Å². The molecule has 6 nitrogen and oxygen atoms in total. The van der Waals surface area contributed by atoms with E-state index in [9.17, 15) is 22.8 Å². The first-order chi connectivity index (χ1) is 13.4. The average molecular weight is 397 g/mol. The summed E-state index contributed by atoms with van der Waals surface area (Å²) in [5.74, 6) is -5.41. The van der Waals surface area contributed by atoms with Crippen LogP contribution in [0, 0.1) is 17.5 Å². The summed E-state index contributed by atoms with van der Waals surface area (Å²) >= 11 is 0. The molecule has 9 heteroatoms. The Balaban J connectivity index is 1.83. The Morgan fingerprint density at radius 2 is 1.61 bits per heavy atom. The number of carbonyl (C=O) groups excluding carboxylic acids is 1. The van der Waals surface area contributed by atoms with E-state index in [2.05, 4.69) is 5.32 Å². The van der Waals surface area contributed by atoms with Crippen LogP contribution in [-0.2, 0) is 16.1 Å². The number of amides is 1. The van der Waals surface area contributed by atoms with Crippen LogP contribution < -0.4 is 5.32 Å². The fourth-order valence-electron chi connectivity index (χ4n) is 2.29. The van der Waals surface area contributed by atoms with Gasteiger partial charge in [-0.15, -0.1) is 0 Å². The zero-order valence-electron chi connectivity index (χ0n) is 14.7. The minimum Gasteiger partial charge on any atom is -0.465 e. The normalized spacial score (nSPS) is 11.8. The minimum atomic E-state index is -1.67. The zero-order chi connectivity index (χ0) is 20.5. The molecule has 2 aromatic carbocycles. The third-order valence-corrected chi connectivity index (χ3v) is 3.62. The first kappa shape index (κ1) is 21.4. The number of rotatable bonds is 10. The van der Waals surface area contributed by atoms with Crippen LogP contribution in [0.5, 0.6) is 0 Å². The predicted octanol–water partition coefficient (Wildman–Crippen LogP) is 3.16. The van der Waals surface area contributed by atoms with Gasteiger partial charge >= 0.3 is 6.09 Å². The van der Waals surface area contributed by atoms with Gasteiger partial charge in [-0.3, -0.25) is 4.79 Å². The van der Waals surface area contributed by atoms with Gasteiger partial charge in [-0.25, -0.2) is 18.0 Å². The Morgan fingerprint density at radius 1 is 1.00 bits per heavy atom. The second-order valence-electron chi connectivity index (χ2n) is 5.84. The molecule has 2 N–H and O–H groups in total. The first-order valence-electron chi connectivity index (χ1n) is 8.23. The standard InChI is InChI=1S/C19H18F3NO5/c20-15-6-13(7-16(21)18(15)22)17(24)11-28-10-14(23-19(25)26)9-27-8-12-4-2-1-3-5-12/h1-7,14,23H,8-11H2,(H,25,26)/t14-/m0/s1. The summed E-state index contributed by atoms with van der Waals surface area (Å²) in [4.78, 5) is 22.8. The van der Waals surface area contributed by atoms with Crippen LogP contribution in [-0.4, -0.2) is 42.8 Å². The quantitative estimate of drug-likeness (QED) is 0.475. The first-order valence-corrected chi connectivity index (χ1v) is 8.23.